The van der Waals surface area contributed by atoms with E-state index in [0.717, 1.165) is 18.5 Å². The summed E-state index contributed by atoms with van der Waals surface area (Å²) < 4.78 is 5.40. The van der Waals surface area contributed by atoms with Crippen molar-refractivity contribution in [3.8, 4) is 0 Å². The Morgan fingerprint density at radius 2 is 2.00 bits per heavy atom. The highest BCUT2D eigenvalue weighted by molar-refractivity contribution is 5.01. The zero-order valence-electron chi connectivity index (χ0n) is 10.5. The van der Waals surface area contributed by atoms with Crippen LogP contribution in [0.4, 0.5) is 0 Å². The van der Waals surface area contributed by atoms with E-state index in [9.17, 15) is 0 Å². The van der Waals surface area contributed by atoms with E-state index < -0.39 is 0 Å². The van der Waals surface area contributed by atoms with Crippen molar-refractivity contribution in [1.29, 1.82) is 0 Å². The molecule has 0 spiro atoms. The van der Waals surface area contributed by atoms with Crippen LogP contribution in [0.15, 0.2) is 18.7 Å². The molecule has 0 saturated carbocycles. The van der Waals surface area contributed by atoms with Crippen LogP contribution >= 0.6 is 0 Å². The lowest BCUT2D eigenvalue weighted by molar-refractivity contribution is 0.00844. The summed E-state index contributed by atoms with van der Waals surface area (Å²) >= 11 is 0. The van der Waals surface area contributed by atoms with E-state index in [-0.39, 0.29) is 5.60 Å². The van der Waals surface area contributed by atoms with Gasteiger partial charge in [0.1, 0.15) is 6.33 Å². The maximum atomic E-state index is 5.40. The summed E-state index contributed by atoms with van der Waals surface area (Å²) in [7, 11) is 1.75. The van der Waals surface area contributed by atoms with Gasteiger partial charge in [0.2, 0.25) is 0 Å². The number of nitrogens with zero attached hydrogens (tertiary/aromatic N) is 2. The molecule has 16 heavy (non-hydrogen) atoms. The molecule has 1 N–H and O–H groups in total. The quantitative estimate of drug-likeness (QED) is 0.798. The third kappa shape index (κ3) is 4.68. The number of hydrogen-bond donors (Lipinski definition) is 1. The molecule has 0 fully saturated rings. The summed E-state index contributed by atoms with van der Waals surface area (Å²) in [6, 6.07) is 0.398. The number of methoxy groups -OCH3 is 1. The van der Waals surface area contributed by atoms with Gasteiger partial charge < -0.3 is 10.1 Å². The fourth-order valence-corrected chi connectivity index (χ4v) is 1.61. The highest BCUT2D eigenvalue weighted by Gasteiger charge is 2.19. The van der Waals surface area contributed by atoms with Crippen molar-refractivity contribution in [3.63, 3.8) is 0 Å². The molecular weight excluding hydrogens is 202 g/mol. The van der Waals surface area contributed by atoms with Crippen molar-refractivity contribution < 1.29 is 4.74 Å². The average Bonchev–Trinajstić information content (AvgIpc) is 2.27. The van der Waals surface area contributed by atoms with Gasteiger partial charge in [-0.1, -0.05) is 0 Å². The van der Waals surface area contributed by atoms with Gasteiger partial charge in [0, 0.05) is 37.7 Å². The van der Waals surface area contributed by atoms with E-state index in [1.807, 2.05) is 12.4 Å². The monoisotopic (exact) mass is 223 g/mol. The first-order valence-electron chi connectivity index (χ1n) is 5.56. The molecule has 4 heteroatoms. The highest BCUT2D eigenvalue weighted by atomic mass is 16.5. The Hall–Kier alpha value is -1.00. The molecule has 1 aromatic heterocycles. The molecule has 0 radical (unpaired) electrons. The summed E-state index contributed by atoms with van der Waals surface area (Å²) in [4.78, 5) is 7.96. The van der Waals surface area contributed by atoms with E-state index in [4.69, 9.17) is 4.74 Å². The Labute approximate surface area is 97.5 Å². The van der Waals surface area contributed by atoms with E-state index in [1.165, 1.54) is 0 Å². The topological polar surface area (TPSA) is 47.0 Å². The highest BCUT2D eigenvalue weighted by Crippen LogP contribution is 2.15. The van der Waals surface area contributed by atoms with Gasteiger partial charge in [0.25, 0.3) is 0 Å². The maximum absolute atomic E-state index is 5.40. The molecular formula is C12H21N3O. The lowest BCUT2D eigenvalue weighted by Gasteiger charge is -2.27. The largest absolute Gasteiger partial charge is 0.379 e. The van der Waals surface area contributed by atoms with Crippen LogP contribution in [0.1, 0.15) is 32.8 Å². The zero-order valence-corrected chi connectivity index (χ0v) is 10.5. The average molecular weight is 223 g/mol. The predicted molar refractivity (Wildman–Crippen MR) is 64.0 cm³/mol. The maximum Gasteiger partial charge on any atom is 0.115 e. The van der Waals surface area contributed by atoms with Gasteiger partial charge >= 0.3 is 0 Å². The van der Waals surface area contributed by atoms with Gasteiger partial charge in [-0.15, -0.1) is 0 Å². The van der Waals surface area contributed by atoms with Crippen LogP contribution in [0.25, 0.3) is 0 Å². The SMILES string of the molecule is COC(C)(C)CC(C)NCc1cncnc1. The van der Waals surface area contributed by atoms with E-state index >= 15 is 0 Å². The first-order chi connectivity index (χ1) is 7.53. The number of ether oxygens (including phenoxy) is 1. The fraction of sp³-hybridized carbons (Fsp3) is 0.667. The van der Waals surface area contributed by atoms with Crippen molar-refractivity contribution >= 4 is 0 Å². The summed E-state index contributed by atoms with van der Waals surface area (Å²) in [5, 5.41) is 3.43. The van der Waals surface area contributed by atoms with Crippen LogP contribution < -0.4 is 5.32 Å². The van der Waals surface area contributed by atoms with Crippen LogP contribution in [-0.2, 0) is 11.3 Å². The first kappa shape index (κ1) is 13.1. The second-order valence-electron chi connectivity index (χ2n) is 4.70. The molecule has 0 aliphatic rings. The second kappa shape index (κ2) is 5.92. The Bertz CT molecular complexity index is 300. The fourth-order valence-electron chi connectivity index (χ4n) is 1.61. The van der Waals surface area contributed by atoms with Gasteiger partial charge in [-0.25, -0.2) is 9.97 Å². The normalized spacial score (nSPS) is 13.8. The minimum atomic E-state index is -0.0837. The minimum Gasteiger partial charge on any atom is -0.379 e. The molecule has 0 aliphatic carbocycles. The molecule has 1 aromatic rings. The smallest absolute Gasteiger partial charge is 0.115 e. The Morgan fingerprint density at radius 1 is 1.38 bits per heavy atom. The molecule has 1 heterocycles. The van der Waals surface area contributed by atoms with E-state index in [1.54, 1.807) is 13.4 Å². The molecule has 0 saturated heterocycles. The third-order valence-corrected chi connectivity index (χ3v) is 2.62. The van der Waals surface area contributed by atoms with Crippen LogP contribution in [0.3, 0.4) is 0 Å². The number of rotatable bonds is 6. The van der Waals surface area contributed by atoms with Gasteiger partial charge in [0.05, 0.1) is 5.60 Å². The van der Waals surface area contributed by atoms with Crippen molar-refractivity contribution in [2.75, 3.05) is 7.11 Å². The van der Waals surface area contributed by atoms with Gasteiger partial charge in [0.15, 0.2) is 0 Å². The van der Waals surface area contributed by atoms with Crippen molar-refractivity contribution in [1.82, 2.24) is 15.3 Å². The number of hydrogen-bond acceptors (Lipinski definition) is 4. The predicted octanol–water partition coefficient (Wildman–Crippen LogP) is 1.77. The summed E-state index contributed by atoms with van der Waals surface area (Å²) in [6.07, 6.45) is 6.17. The molecule has 4 nitrogen and oxygen atoms in total. The summed E-state index contributed by atoms with van der Waals surface area (Å²) in [6.45, 7) is 7.14. The van der Waals surface area contributed by atoms with Crippen molar-refractivity contribution in [2.45, 2.75) is 45.4 Å². The van der Waals surface area contributed by atoms with Crippen LogP contribution in [0.5, 0.6) is 0 Å². The summed E-state index contributed by atoms with van der Waals surface area (Å²) in [5.41, 5.74) is 1.02. The molecule has 0 bridgehead atoms. The Balaban J connectivity index is 2.33. The standard InChI is InChI=1S/C12H21N3O/c1-10(5-12(2,3)16-4)15-8-11-6-13-9-14-7-11/h6-7,9-10,15H,5,8H2,1-4H3. The Morgan fingerprint density at radius 3 is 2.56 bits per heavy atom. The van der Waals surface area contributed by atoms with Gasteiger partial charge in [-0.2, -0.15) is 0 Å². The first-order valence-corrected chi connectivity index (χ1v) is 5.56. The zero-order chi connectivity index (χ0) is 12.0. The molecule has 0 aliphatic heterocycles. The van der Waals surface area contributed by atoms with Gasteiger partial charge in [-0.05, 0) is 27.2 Å². The second-order valence-corrected chi connectivity index (χ2v) is 4.70. The number of nitrogens with one attached hydrogen (secondary N) is 1. The van der Waals surface area contributed by atoms with Crippen LogP contribution in [0, 0.1) is 0 Å². The Kier molecular flexibility index (Phi) is 4.83. The van der Waals surface area contributed by atoms with Crippen molar-refractivity contribution in [3.05, 3.63) is 24.3 Å². The van der Waals surface area contributed by atoms with E-state index in [2.05, 4.69) is 36.1 Å². The van der Waals surface area contributed by atoms with Crippen LogP contribution in [-0.4, -0.2) is 28.7 Å². The minimum absolute atomic E-state index is 0.0837. The number of aromatic nitrogens is 2. The molecule has 1 unspecified atom stereocenters. The summed E-state index contributed by atoms with van der Waals surface area (Å²) in [5.74, 6) is 0. The molecule has 1 rings (SSSR count). The van der Waals surface area contributed by atoms with Crippen molar-refractivity contribution in [2.24, 2.45) is 0 Å². The lowest BCUT2D eigenvalue weighted by Crippen LogP contribution is -2.35. The third-order valence-electron chi connectivity index (χ3n) is 2.62. The van der Waals surface area contributed by atoms with E-state index in [0.29, 0.717) is 6.04 Å². The molecule has 90 valence electrons. The van der Waals surface area contributed by atoms with Crippen LogP contribution in [0.2, 0.25) is 0 Å². The lowest BCUT2D eigenvalue weighted by atomic mass is 10.00. The molecule has 0 aromatic carbocycles. The molecule has 1 atom stereocenters. The molecule has 0 amide bonds. The van der Waals surface area contributed by atoms with Gasteiger partial charge in [-0.3, -0.25) is 0 Å².